The second-order valence-electron chi connectivity index (χ2n) is 7.83. The van der Waals surface area contributed by atoms with Crippen molar-refractivity contribution >= 4 is 5.96 Å². The maximum Gasteiger partial charge on any atom is 0.191 e. The predicted octanol–water partition coefficient (Wildman–Crippen LogP) is 2.25. The standard InChI is InChI=1S/C20H38N6/c1-7-21-20(22-10-12-26-11-8-9-15(2)14-26)23-16(3)13-19-17(4)24-25(6)18(19)5/h15-16H,7-14H2,1-6H3,(H2,21,22,23). The van der Waals surface area contributed by atoms with Crippen LogP contribution in [0.15, 0.2) is 4.99 Å². The molecular formula is C20H38N6. The van der Waals surface area contributed by atoms with Gasteiger partial charge in [0.2, 0.25) is 0 Å². The molecule has 6 heteroatoms. The zero-order chi connectivity index (χ0) is 19.1. The van der Waals surface area contributed by atoms with Gasteiger partial charge in [-0.05, 0) is 65.0 Å². The van der Waals surface area contributed by atoms with Crippen LogP contribution in [0.2, 0.25) is 0 Å². The van der Waals surface area contributed by atoms with Crippen molar-refractivity contribution in [1.29, 1.82) is 0 Å². The molecule has 6 nitrogen and oxygen atoms in total. The Labute approximate surface area is 159 Å². The molecule has 1 fully saturated rings. The summed E-state index contributed by atoms with van der Waals surface area (Å²) >= 11 is 0. The summed E-state index contributed by atoms with van der Waals surface area (Å²) in [5, 5.41) is 11.5. The number of hydrogen-bond donors (Lipinski definition) is 2. The predicted molar refractivity (Wildman–Crippen MR) is 110 cm³/mol. The Morgan fingerprint density at radius 2 is 2.15 bits per heavy atom. The zero-order valence-corrected chi connectivity index (χ0v) is 17.6. The van der Waals surface area contributed by atoms with Gasteiger partial charge in [-0.2, -0.15) is 5.10 Å². The summed E-state index contributed by atoms with van der Waals surface area (Å²) in [6, 6.07) is 0.310. The molecule has 1 aliphatic rings. The largest absolute Gasteiger partial charge is 0.357 e. The summed E-state index contributed by atoms with van der Waals surface area (Å²) in [5.74, 6) is 1.74. The van der Waals surface area contributed by atoms with Crippen LogP contribution in [-0.2, 0) is 13.5 Å². The molecule has 2 heterocycles. The third-order valence-electron chi connectivity index (χ3n) is 5.32. The van der Waals surface area contributed by atoms with E-state index in [-0.39, 0.29) is 0 Å². The van der Waals surface area contributed by atoms with Gasteiger partial charge in [-0.3, -0.25) is 9.67 Å². The van der Waals surface area contributed by atoms with E-state index >= 15 is 0 Å². The first-order valence-electron chi connectivity index (χ1n) is 10.2. The van der Waals surface area contributed by atoms with Gasteiger partial charge < -0.3 is 15.5 Å². The molecule has 0 spiro atoms. The third-order valence-corrected chi connectivity index (χ3v) is 5.32. The highest BCUT2D eigenvalue weighted by atomic mass is 15.3. The Hall–Kier alpha value is -1.56. The smallest absolute Gasteiger partial charge is 0.191 e. The van der Waals surface area contributed by atoms with Crippen LogP contribution in [0.1, 0.15) is 50.6 Å². The number of hydrogen-bond acceptors (Lipinski definition) is 3. The number of nitrogens with one attached hydrogen (secondary N) is 2. The number of aliphatic imine (C=N–C) groups is 1. The van der Waals surface area contributed by atoms with Crippen LogP contribution in [0, 0.1) is 19.8 Å². The van der Waals surface area contributed by atoms with Crippen molar-refractivity contribution in [2.24, 2.45) is 18.0 Å². The van der Waals surface area contributed by atoms with Gasteiger partial charge in [0.15, 0.2) is 5.96 Å². The fourth-order valence-electron chi connectivity index (χ4n) is 3.82. The molecule has 0 saturated carbocycles. The average Bonchev–Trinajstić information content (AvgIpc) is 2.81. The highest BCUT2D eigenvalue weighted by molar-refractivity contribution is 5.80. The van der Waals surface area contributed by atoms with Gasteiger partial charge in [-0.1, -0.05) is 6.92 Å². The summed E-state index contributed by atoms with van der Waals surface area (Å²) in [5.41, 5.74) is 3.71. The highest BCUT2D eigenvalue weighted by Gasteiger charge is 2.16. The first kappa shape index (κ1) is 20.7. The Balaban J connectivity index is 1.87. The van der Waals surface area contributed by atoms with Crippen LogP contribution in [0.3, 0.4) is 0 Å². The minimum Gasteiger partial charge on any atom is -0.357 e. The molecule has 1 aromatic rings. The molecule has 0 bridgehead atoms. The number of aryl methyl sites for hydroxylation is 2. The second-order valence-corrected chi connectivity index (χ2v) is 7.83. The lowest BCUT2D eigenvalue weighted by molar-refractivity contribution is 0.189. The van der Waals surface area contributed by atoms with Crippen LogP contribution in [-0.4, -0.2) is 59.4 Å². The van der Waals surface area contributed by atoms with Crippen molar-refractivity contribution in [3.8, 4) is 0 Å². The number of likely N-dealkylation sites (tertiary alicyclic amines) is 1. The Morgan fingerprint density at radius 3 is 2.77 bits per heavy atom. The van der Waals surface area contributed by atoms with E-state index in [4.69, 9.17) is 4.99 Å². The molecule has 2 N–H and O–H groups in total. The lowest BCUT2D eigenvalue weighted by atomic mass is 10.0. The van der Waals surface area contributed by atoms with Gasteiger partial charge in [-0.15, -0.1) is 0 Å². The summed E-state index contributed by atoms with van der Waals surface area (Å²) in [7, 11) is 2.01. The van der Waals surface area contributed by atoms with Crippen molar-refractivity contribution in [1.82, 2.24) is 25.3 Å². The topological polar surface area (TPSA) is 57.5 Å². The first-order chi connectivity index (χ1) is 12.4. The number of aromatic nitrogens is 2. The Morgan fingerprint density at radius 1 is 1.38 bits per heavy atom. The maximum absolute atomic E-state index is 4.80. The molecule has 2 unspecified atom stereocenters. The molecule has 0 radical (unpaired) electrons. The van der Waals surface area contributed by atoms with E-state index in [1.165, 1.54) is 37.2 Å². The van der Waals surface area contributed by atoms with Gasteiger partial charge in [0.05, 0.1) is 12.2 Å². The van der Waals surface area contributed by atoms with Crippen LogP contribution >= 0.6 is 0 Å². The average molecular weight is 363 g/mol. The van der Waals surface area contributed by atoms with E-state index in [9.17, 15) is 0 Å². The van der Waals surface area contributed by atoms with E-state index < -0.39 is 0 Å². The number of rotatable bonds is 7. The second kappa shape index (κ2) is 9.95. The van der Waals surface area contributed by atoms with Crippen LogP contribution in [0.4, 0.5) is 0 Å². The van der Waals surface area contributed by atoms with E-state index in [0.717, 1.165) is 43.6 Å². The zero-order valence-electron chi connectivity index (χ0n) is 17.6. The normalized spacial score (nSPS) is 20.2. The lowest BCUT2D eigenvalue weighted by Gasteiger charge is -2.30. The lowest BCUT2D eigenvalue weighted by Crippen LogP contribution is -2.44. The highest BCUT2D eigenvalue weighted by Crippen LogP contribution is 2.15. The molecule has 1 aliphatic heterocycles. The van der Waals surface area contributed by atoms with E-state index in [1.54, 1.807) is 0 Å². The van der Waals surface area contributed by atoms with Crippen molar-refractivity contribution in [3.05, 3.63) is 17.0 Å². The summed E-state index contributed by atoms with van der Waals surface area (Å²) in [4.78, 5) is 7.34. The molecule has 0 aliphatic carbocycles. The number of guanidine groups is 1. The van der Waals surface area contributed by atoms with Crippen molar-refractivity contribution < 1.29 is 0 Å². The molecular weight excluding hydrogens is 324 g/mol. The fraction of sp³-hybridized carbons (Fsp3) is 0.800. The molecule has 148 valence electrons. The minimum absolute atomic E-state index is 0.310. The maximum atomic E-state index is 4.80. The van der Waals surface area contributed by atoms with Crippen molar-refractivity contribution in [3.63, 3.8) is 0 Å². The summed E-state index contributed by atoms with van der Waals surface area (Å²) in [6.45, 7) is 16.1. The molecule has 2 atom stereocenters. The van der Waals surface area contributed by atoms with Crippen LogP contribution in [0.25, 0.3) is 0 Å². The quantitative estimate of drug-likeness (QED) is 0.577. The van der Waals surface area contributed by atoms with Gasteiger partial charge >= 0.3 is 0 Å². The summed E-state index contributed by atoms with van der Waals surface area (Å²) in [6.07, 6.45) is 3.65. The molecule has 26 heavy (non-hydrogen) atoms. The van der Waals surface area contributed by atoms with Gasteiger partial charge in [-0.25, -0.2) is 0 Å². The fourth-order valence-corrected chi connectivity index (χ4v) is 3.82. The van der Waals surface area contributed by atoms with Gasteiger partial charge in [0.25, 0.3) is 0 Å². The molecule has 0 aromatic carbocycles. The molecule has 0 amide bonds. The number of piperidine rings is 1. The van der Waals surface area contributed by atoms with Crippen LogP contribution in [0.5, 0.6) is 0 Å². The minimum atomic E-state index is 0.310. The molecule has 2 rings (SSSR count). The van der Waals surface area contributed by atoms with Gasteiger partial charge in [0.1, 0.15) is 0 Å². The summed E-state index contributed by atoms with van der Waals surface area (Å²) < 4.78 is 1.97. The van der Waals surface area contributed by atoms with Gasteiger partial charge in [0, 0.05) is 38.4 Å². The molecule has 1 aromatic heterocycles. The third kappa shape index (κ3) is 6.01. The SMILES string of the molecule is CCNC(=NCCN1CCCC(C)C1)NC(C)Cc1c(C)nn(C)c1C. The van der Waals surface area contributed by atoms with E-state index in [0.29, 0.717) is 6.04 Å². The van der Waals surface area contributed by atoms with E-state index in [1.807, 2.05) is 11.7 Å². The Kier molecular flexibility index (Phi) is 7.94. The Bertz CT molecular complexity index is 591. The van der Waals surface area contributed by atoms with Crippen molar-refractivity contribution in [2.75, 3.05) is 32.7 Å². The first-order valence-corrected chi connectivity index (χ1v) is 10.2. The van der Waals surface area contributed by atoms with Crippen molar-refractivity contribution in [2.45, 2.75) is 59.9 Å². The monoisotopic (exact) mass is 362 g/mol. The molecule has 1 saturated heterocycles. The van der Waals surface area contributed by atoms with Crippen LogP contribution < -0.4 is 10.6 Å². The number of nitrogens with zero attached hydrogens (tertiary/aromatic N) is 4. The van der Waals surface area contributed by atoms with E-state index in [2.05, 4.69) is 55.3 Å².